The molecular weight excluding hydrogens is 287 g/mol. The van der Waals surface area contributed by atoms with Gasteiger partial charge in [-0.25, -0.2) is 4.39 Å². The first kappa shape index (κ1) is 14.1. The number of amides is 1. The molecule has 1 aromatic rings. The minimum atomic E-state index is -0.336. The molecule has 2 atom stereocenters. The Kier molecular flexibility index (Phi) is 5.08. The van der Waals surface area contributed by atoms with Gasteiger partial charge in [0.15, 0.2) is 0 Å². The molecule has 0 saturated carbocycles. The third kappa shape index (κ3) is 4.44. The van der Waals surface area contributed by atoms with Crippen LogP contribution in [0.4, 0.5) is 4.39 Å². The van der Waals surface area contributed by atoms with Crippen LogP contribution in [0.25, 0.3) is 0 Å². The smallest absolute Gasteiger partial charge is 0.218 e. The Morgan fingerprint density at radius 1 is 1.53 bits per heavy atom. The molecule has 94 valence electrons. The van der Waals surface area contributed by atoms with Crippen molar-refractivity contribution in [1.82, 2.24) is 5.32 Å². The van der Waals surface area contributed by atoms with Gasteiger partial charge in [-0.3, -0.25) is 4.79 Å². The molecule has 5 heteroatoms. The second-order valence-corrected chi connectivity index (χ2v) is 4.99. The van der Waals surface area contributed by atoms with Gasteiger partial charge in [0.05, 0.1) is 4.47 Å². The number of primary amides is 1. The van der Waals surface area contributed by atoms with Crippen molar-refractivity contribution in [2.24, 2.45) is 5.73 Å². The van der Waals surface area contributed by atoms with Crippen molar-refractivity contribution >= 4 is 21.8 Å². The van der Waals surface area contributed by atoms with Crippen LogP contribution >= 0.6 is 15.9 Å². The molecule has 1 rings (SSSR count). The number of hydrogen-bond acceptors (Lipinski definition) is 2. The molecular formula is C12H16BrFN2O. The molecule has 17 heavy (non-hydrogen) atoms. The van der Waals surface area contributed by atoms with Crippen LogP contribution in [-0.2, 0) is 4.79 Å². The van der Waals surface area contributed by atoms with E-state index in [1.165, 1.54) is 6.07 Å². The van der Waals surface area contributed by atoms with Crippen LogP contribution in [0.2, 0.25) is 0 Å². The molecule has 0 aromatic heterocycles. The van der Waals surface area contributed by atoms with Gasteiger partial charge in [0.2, 0.25) is 5.91 Å². The lowest BCUT2D eigenvalue weighted by atomic mass is 10.1. The van der Waals surface area contributed by atoms with Gasteiger partial charge in [0.25, 0.3) is 0 Å². The Morgan fingerprint density at radius 2 is 2.18 bits per heavy atom. The summed E-state index contributed by atoms with van der Waals surface area (Å²) in [4.78, 5) is 10.8. The highest BCUT2D eigenvalue weighted by Crippen LogP contribution is 2.21. The van der Waals surface area contributed by atoms with Gasteiger partial charge < -0.3 is 11.1 Å². The molecule has 0 aliphatic heterocycles. The van der Waals surface area contributed by atoms with E-state index in [-0.39, 0.29) is 30.2 Å². The standard InChI is InChI=1S/C12H16BrFN2O/c1-7(5-12(15)17)16-8(2)9-3-4-11(14)10(13)6-9/h3-4,6-8,16H,5H2,1-2H3,(H2,15,17). The monoisotopic (exact) mass is 302 g/mol. The van der Waals surface area contributed by atoms with Gasteiger partial charge in [-0.15, -0.1) is 0 Å². The van der Waals surface area contributed by atoms with Crippen molar-refractivity contribution in [2.75, 3.05) is 0 Å². The van der Waals surface area contributed by atoms with Gasteiger partial charge in [0.1, 0.15) is 5.82 Å². The molecule has 0 radical (unpaired) electrons. The van der Waals surface area contributed by atoms with E-state index in [4.69, 9.17) is 5.73 Å². The van der Waals surface area contributed by atoms with Crippen molar-refractivity contribution in [3.8, 4) is 0 Å². The molecule has 0 fully saturated rings. The summed E-state index contributed by atoms with van der Waals surface area (Å²) < 4.78 is 13.5. The van der Waals surface area contributed by atoms with Crippen molar-refractivity contribution in [2.45, 2.75) is 32.4 Å². The maximum atomic E-state index is 13.1. The third-order valence-corrected chi connectivity index (χ3v) is 3.09. The van der Waals surface area contributed by atoms with Crippen molar-refractivity contribution in [3.05, 3.63) is 34.1 Å². The van der Waals surface area contributed by atoms with Crippen molar-refractivity contribution in [3.63, 3.8) is 0 Å². The van der Waals surface area contributed by atoms with Gasteiger partial charge >= 0.3 is 0 Å². The second kappa shape index (κ2) is 6.12. The summed E-state index contributed by atoms with van der Waals surface area (Å²) in [6.07, 6.45) is 0.284. The van der Waals surface area contributed by atoms with Crippen LogP contribution in [0.5, 0.6) is 0 Å². The number of benzene rings is 1. The molecule has 3 N–H and O–H groups in total. The molecule has 0 aliphatic carbocycles. The predicted molar refractivity (Wildman–Crippen MR) is 68.9 cm³/mol. The largest absolute Gasteiger partial charge is 0.370 e. The second-order valence-electron chi connectivity index (χ2n) is 4.13. The van der Waals surface area contributed by atoms with Gasteiger partial charge in [-0.2, -0.15) is 0 Å². The fourth-order valence-electron chi connectivity index (χ4n) is 1.67. The minimum Gasteiger partial charge on any atom is -0.370 e. The summed E-state index contributed by atoms with van der Waals surface area (Å²) in [5, 5.41) is 3.23. The Labute approximate surface area is 109 Å². The Balaban J connectivity index is 2.66. The summed E-state index contributed by atoms with van der Waals surface area (Å²) in [5.41, 5.74) is 6.07. The highest BCUT2D eigenvalue weighted by Gasteiger charge is 2.12. The lowest BCUT2D eigenvalue weighted by Gasteiger charge is -2.19. The molecule has 0 spiro atoms. The highest BCUT2D eigenvalue weighted by molar-refractivity contribution is 9.10. The first-order chi connectivity index (χ1) is 7.90. The summed E-state index contributed by atoms with van der Waals surface area (Å²) in [7, 11) is 0. The van der Waals surface area contributed by atoms with E-state index in [1.54, 1.807) is 12.1 Å². The highest BCUT2D eigenvalue weighted by atomic mass is 79.9. The molecule has 0 heterocycles. The molecule has 0 bridgehead atoms. The average molecular weight is 303 g/mol. The number of rotatable bonds is 5. The Morgan fingerprint density at radius 3 is 2.71 bits per heavy atom. The molecule has 1 aromatic carbocycles. The quantitative estimate of drug-likeness (QED) is 0.878. The first-order valence-electron chi connectivity index (χ1n) is 5.39. The molecule has 1 amide bonds. The van der Waals surface area contributed by atoms with E-state index >= 15 is 0 Å². The number of carbonyl (C=O) groups is 1. The summed E-state index contributed by atoms with van der Waals surface area (Å²) in [5.74, 6) is -0.622. The SMILES string of the molecule is CC(CC(N)=O)NC(C)c1ccc(F)c(Br)c1. The van der Waals surface area contributed by atoms with E-state index in [2.05, 4.69) is 21.2 Å². The van der Waals surface area contributed by atoms with E-state index in [0.29, 0.717) is 4.47 Å². The zero-order valence-corrected chi connectivity index (χ0v) is 11.4. The van der Waals surface area contributed by atoms with Crippen LogP contribution in [0.15, 0.2) is 22.7 Å². The van der Waals surface area contributed by atoms with Crippen LogP contribution < -0.4 is 11.1 Å². The lowest BCUT2D eigenvalue weighted by molar-refractivity contribution is -0.118. The maximum Gasteiger partial charge on any atom is 0.218 e. The number of carbonyl (C=O) groups excluding carboxylic acids is 1. The number of hydrogen-bond donors (Lipinski definition) is 2. The predicted octanol–water partition coefficient (Wildman–Crippen LogP) is 2.50. The van der Waals surface area contributed by atoms with Crippen LogP contribution in [-0.4, -0.2) is 11.9 Å². The zero-order chi connectivity index (χ0) is 13.0. The lowest BCUT2D eigenvalue weighted by Crippen LogP contribution is -2.32. The number of nitrogens with one attached hydrogen (secondary N) is 1. The molecule has 3 nitrogen and oxygen atoms in total. The van der Waals surface area contributed by atoms with Crippen LogP contribution in [0.3, 0.4) is 0 Å². The Hall–Kier alpha value is -0.940. The van der Waals surface area contributed by atoms with Crippen molar-refractivity contribution < 1.29 is 9.18 Å². The van der Waals surface area contributed by atoms with E-state index in [1.807, 2.05) is 13.8 Å². The number of nitrogens with two attached hydrogens (primary N) is 1. The van der Waals surface area contributed by atoms with Crippen molar-refractivity contribution in [1.29, 1.82) is 0 Å². The van der Waals surface area contributed by atoms with Gasteiger partial charge in [-0.1, -0.05) is 6.07 Å². The summed E-state index contributed by atoms with van der Waals surface area (Å²) >= 11 is 3.14. The third-order valence-electron chi connectivity index (χ3n) is 2.49. The Bertz CT molecular complexity index is 411. The minimum absolute atomic E-state index is 0.00803. The fraction of sp³-hybridized carbons (Fsp3) is 0.417. The zero-order valence-electron chi connectivity index (χ0n) is 9.84. The van der Waals surface area contributed by atoms with Crippen LogP contribution in [0.1, 0.15) is 31.9 Å². The fourth-order valence-corrected chi connectivity index (χ4v) is 2.06. The first-order valence-corrected chi connectivity index (χ1v) is 6.18. The van der Waals surface area contributed by atoms with Crippen LogP contribution in [0, 0.1) is 5.82 Å². The average Bonchev–Trinajstić information content (AvgIpc) is 2.20. The number of halogens is 2. The molecule has 2 unspecified atom stereocenters. The summed E-state index contributed by atoms with van der Waals surface area (Å²) in [6, 6.07) is 4.88. The van der Waals surface area contributed by atoms with E-state index < -0.39 is 0 Å². The molecule has 0 saturated heterocycles. The van der Waals surface area contributed by atoms with E-state index in [9.17, 15) is 9.18 Å². The summed E-state index contributed by atoms with van der Waals surface area (Å²) in [6.45, 7) is 3.84. The molecule has 0 aliphatic rings. The topological polar surface area (TPSA) is 55.1 Å². The van der Waals surface area contributed by atoms with E-state index in [0.717, 1.165) is 5.56 Å². The van der Waals surface area contributed by atoms with Gasteiger partial charge in [0, 0.05) is 18.5 Å². The maximum absolute atomic E-state index is 13.1. The normalized spacial score (nSPS) is 14.4. The van der Waals surface area contributed by atoms with Gasteiger partial charge in [-0.05, 0) is 47.5 Å².